The van der Waals surface area contributed by atoms with Crippen molar-refractivity contribution in [2.75, 3.05) is 20.3 Å². The lowest BCUT2D eigenvalue weighted by atomic mass is 9.93. The van der Waals surface area contributed by atoms with Gasteiger partial charge in [-0.1, -0.05) is 60.7 Å². The number of carbonyl (C=O) groups excluding carboxylic acids is 2. The highest BCUT2D eigenvalue weighted by Gasteiger charge is 2.46. The molecule has 0 aliphatic carbocycles. The Morgan fingerprint density at radius 2 is 1.71 bits per heavy atom. The van der Waals surface area contributed by atoms with Crippen LogP contribution in [0.2, 0.25) is 0 Å². The van der Waals surface area contributed by atoms with Crippen molar-refractivity contribution in [3.63, 3.8) is 0 Å². The quantitative estimate of drug-likeness (QED) is 0.220. The number of carbonyl (C=O) groups is 2. The lowest BCUT2D eigenvalue weighted by Gasteiger charge is -2.26. The van der Waals surface area contributed by atoms with Gasteiger partial charge in [-0.15, -0.1) is 0 Å². The summed E-state index contributed by atoms with van der Waals surface area (Å²) in [5.74, 6) is -0.984. The number of aliphatic hydroxyl groups is 1. The molecular weight excluding hydrogens is 430 g/mol. The lowest BCUT2D eigenvalue weighted by Crippen LogP contribution is -2.31. The monoisotopic (exact) mass is 459 g/mol. The fourth-order valence-corrected chi connectivity index (χ4v) is 4.46. The molecule has 1 N–H and O–H groups in total. The molecule has 3 aromatic carbocycles. The molecule has 0 radical (unpaired) electrons. The molecule has 0 aromatic heterocycles. The highest BCUT2D eigenvalue weighted by atomic mass is 16.5. The number of ketones is 1. The summed E-state index contributed by atoms with van der Waals surface area (Å²) in [5.41, 5.74) is 1.23. The van der Waals surface area contributed by atoms with E-state index in [0.717, 1.165) is 10.8 Å². The SMILES string of the molecule is COc1ccccc1C1/C(=C(\O)c2cccc3ccccc23)C(=O)C(=O)N1CCCOC(C)C. The van der Waals surface area contributed by atoms with Crippen molar-refractivity contribution in [3.05, 3.63) is 83.4 Å². The number of likely N-dealkylation sites (tertiary alicyclic amines) is 1. The van der Waals surface area contributed by atoms with Crippen LogP contribution in [0.1, 0.15) is 37.4 Å². The van der Waals surface area contributed by atoms with Crippen LogP contribution in [0.5, 0.6) is 5.75 Å². The molecule has 1 amide bonds. The number of amides is 1. The second kappa shape index (κ2) is 10.1. The molecule has 0 saturated carbocycles. The average Bonchev–Trinajstić information content (AvgIpc) is 3.10. The number of Topliss-reactive ketones (excluding diaryl/α,β-unsaturated/α-hetero) is 1. The Balaban J connectivity index is 1.85. The van der Waals surface area contributed by atoms with Crippen LogP contribution in [0, 0.1) is 0 Å². The molecule has 1 heterocycles. The molecule has 1 aliphatic rings. The summed E-state index contributed by atoms with van der Waals surface area (Å²) in [6.45, 7) is 4.67. The third-order valence-corrected chi connectivity index (χ3v) is 6.01. The van der Waals surface area contributed by atoms with Crippen LogP contribution in [-0.2, 0) is 14.3 Å². The number of rotatable bonds is 8. The Morgan fingerprint density at radius 3 is 2.47 bits per heavy atom. The molecule has 1 fully saturated rings. The van der Waals surface area contributed by atoms with E-state index >= 15 is 0 Å². The van der Waals surface area contributed by atoms with Gasteiger partial charge in [-0.05, 0) is 37.1 Å². The molecule has 6 heteroatoms. The summed E-state index contributed by atoms with van der Waals surface area (Å²) in [6, 6.07) is 19.7. The number of aliphatic hydroxyl groups excluding tert-OH is 1. The highest BCUT2D eigenvalue weighted by molar-refractivity contribution is 6.46. The van der Waals surface area contributed by atoms with Crippen LogP contribution in [0.25, 0.3) is 16.5 Å². The zero-order valence-electron chi connectivity index (χ0n) is 19.7. The molecule has 176 valence electrons. The van der Waals surface area contributed by atoms with E-state index in [4.69, 9.17) is 9.47 Å². The van der Waals surface area contributed by atoms with E-state index < -0.39 is 17.7 Å². The molecule has 1 aliphatic heterocycles. The summed E-state index contributed by atoms with van der Waals surface area (Å²) in [7, 11) is 1.55. The molecule has 4 rings (SSSR count). The van der Waals surface area contributed by atoms with Gasteiger partial charge in [0.25, 0.3) is 11.7 Å². The Morgan fingerprint density at radius 1 is 1.00 bits per heavy atom. The zero-order chi connectivity index (χ0) is 24.2. The molecule has 1 unspecified atom stereocenters. The normalized spacial score (nSPS) is 17.6. The minimum Gasteiger partial charge on any atom is -0.507 e. The van der Waals surface area contributed by atoms with Gasteiger partial charge in [0.15, 0.2) is 0 Å². The number of para-hydroxylation sites is 1. The third kappa shape index (κ3) is 4.41. The summed E-state index contributed by atoms with van der Waals surface area (Å²) >= 11 is 0. The summed E-state index contributed by atoms with van der Waals surface area (Å²) < 4.78 is 11.2. The van der Waals surface area contributed by atoms with Gasteiger partial charge in [-0.3, -0.25) is 9.59 Å². The lowest BCUT2D eigenvalue weighted by molar-refractivity contribution is -0.140. The van der Waals surface area contributed by atoms with Gasteiger partial charge >= 0.3 is 0 Å². The largest absolute Gasteiger partial charge is 0.507 e. The van der Waals surface area contributed by atoms with E-state index in [2.05, 4.69) is 0 Å². The van der Waals surface area contributed by atoms with Gasteiger partial charge in [0.05, 0.1) is 24.8 Å². The van der Waals surface area contributed by atoms with Crippen LogP contribution in [0.15, 0.2) is 72.3 Å². The Hall–Kier alpha value is -3.64. The molecule has 34 heavy (non-hydrogen) atoms. The van der Waals surface area contributed by atoms with Crippen molar-refractivity contribution in [3.8, 4) is 5.75 Å². The standard InChI is InChI=1S/C28H29NO5/c1-18(2)34-17-9-16-29-25(22-13-6-7-15-23(22)33-3)24(27(31)28(29)32)26(30)21-14-8-11-19-10-4-5-12-20(19)21/h4-8,10-15,18,25,30H,9,16-17H2,1-3H3/b26-24+. The topological polar surface area (TPSA) is 76.1 Å². The highest BCUT2D eigenvalue weighted by Crippen LogP contribution is 2.43. The van der Waals surface area contributed by atoms with Crippen molar-refractivity contribution in [1.29, 1.82) is 0 Å². The summed E-state index contributed by atoms with van der Waals surface area (Å²) in [4.78, 5) is 28.0. The number of nitrogens with zero attached hydrogens (tertiary/aromatic N) is 1. The maximum Gasteiger partial charge on any atom is 0.295 e. The van der Waals surface area contributed by atoms with Gasteiger partial charge < -0.3 is 19.5 Å². The molecular formula is C28H29NO5. The van der Waals surface area contributed by atoms with E-state index in [0.29, 0.717) is 36.4 Å². The molecule has 6 nitrogen and oxygen atoms in total. The number of hydrogen-bond acceptors (Lipinski definition) is 5. The maximum absolute atomic E-state index is 13.3. The number of fused-ring (bicyclic) bond motifs is 1. The van der Waals surface area contributed by atoms with Crippen LogP contribution in [0.4, 0.5) is 0 Å². The maximum atomic E-state index is 13.3. The second-order valence-corrected chi connectivity index (χ2v) is 8.53. The first-order valence-corrected chi connectivity index (χ1v) is 11.4. The van der Waals surface area contributed by atoms with E-state index in [-0.39, 0.29) is 17.4 Å². The van der Waals surface area contributed by atoms with Crippen molar-refractivity contribution in [2.45, 2.75) is 32.4 Å². The Kier molecular flexibility index (Phi) is 6.98. The summed E-state index contributed by atoms with van der Waals surface area (Å²) in [5, 5.41) is 13.2. The van der Waals surface area contributed by atoms with Crippen molar-refractivity contribution >= 4 is 28.2 Å². The molecule has 1 saturated heterocycles. The van der Waals surface area contributed by atoms with E-state index in [1.165, 1.54) is 4.90 Å². The number of hydrogen-bond donors (Lipinski definition) is 1. The molecule has 0 bridgehead atoms. The summed E-state index contributed by atoms with van der Waals surface area (Å²) in [6.07, 6.45) is 0.636. The van der Waals surface area contributed by atoms with Crippen LogP contribution in [-0.4, -0.2) is 48.1 Å². The van der Waals surface area contributed by atoms with Gasteiger partial charge in [-0.2, -0.15) is 0 Å². The smallest absolute Gasteiger partial charge is 0.295 e. The predicted molar refractivity (Wildman–Crippen MR) is 132 cm³/mol. The number of methoxy groups -OCH3 is 1. The van der Waals surface area contributed by atoms with Gasteiger partial charge in [0.2, 0.25) is 0 Å². The van der Waals surface area contributed by atoms with Crippen molar-refractivity contribution < 1.29 is 24.2 Å². The first kappa shape index (κ1) is 23.5. The van der Waals surface area contributed by atoms with E-state index in [1.807, 2.05) is 68.4 Å². The predicted octanol–water partition coefficient (Wildman–Crippen LogP) is 5.09. The van der Waals surface area contributed by atoms with Crippen molar-refractivity contribution in [1.82, 2.24) is 4.90 Å². The minimum atomic E-state index is -0.769. The van der Waals surface area contributed by atoms with E-state index in [9.17, 15) is 14.7 Å². The third-order valence-electron chi connectivity index (χ3n) is 6.01. The minimum absolute atomic E-state index is 0.0654. The fraction of sp³-hybridized carbons (Fsp3) is 0.286. The van der Waals surface area contributed by atoms with Gasteiger partial charge in [-0.25, -0.2) is 0 Å². The Labute approximate surface area is 199 Å². The Bertz CT molecular complexity index is 1240. The molecule has 1 atom stereocenters. The van der Waals surface area contributed by atoms with Crippen LogP contribution >= 0.6 is 0 Å². The van der Waals surface area contributed by atoms with Crippen molar-refractivity contribution in [2.24, 2.45) is 0 Å². The second-order valence-electron chi connectivity index (χ2n) is 8.53. The van der Waals surface area contributed by atoms with Gasteiger partial charge in [0.1, 0.15) is 11.5 Å². The number of benzene rings is 3. The zero-order valence-corrected chi connectivity index (χ0v) is 19.7. The van der Waals surface area contributed by atoms with Crippen LogP contribution < -0.4 is 4.74 Å². The van der Waals surface area contributed by atoms with E-state index in [1.54, 1.807) is 19.2 Å². The van der Waals surface area contributed by atoms with Gasteiger partial charge in [0, 0.05) is 24.3 Å². The fourth-order valence-electron chi connectivity index (χ4n) is 4.46. The van der Waals surface area contributed by atoms with Crippen LogP contribution in [0.3, 0.4) is 0 Å². The average molecular weight is 460 g/mol. The first-order valence-electron chi connectivity index (χ1n) is 11.4. The number of ether oxygens (including phenoxy) is 2. The molecule has 0 spiro atoms. The first-order chi connectivity index (χ1) is 16.4. The molecule has 3 aromatic rings.